The third-order valence-electron chi connectivity index (χ3n) is 2.44. The Balaban J connectivity index is 2.81. The molecule has 1 amide bonds. The average Bonchev–Trinajstić information content (AvgIpc) is 2.33. The Labute approximate surface area is 108 Å². The summed E-state index contributed by atoms with van der Waals surface area (Å²) in [4.78, 5) is 11.6. The van der Waals surface area contributed by atoms with E-state index in [0.29, 0.717) is 19.0 Å². The zero-order chi connectivity index (χ0) is 14.5. The van der Waals surface area contributed by atoms with Gasteiger partial charge in [-0.1, -0.05) is 6.07 Å². The van der Waals surface area contributed by atoms with Crippen LogP contribution in [0.1, 0.15) is 22.3 Å². The Kier molecular flexibility index (Phi) is 5.29. The highest BCUT2D eigenvalue weighted by atomic mass is 19.4. The minimum atomic E-state index is -4.81. The maximum Gasteiger partial charge on any atom is 0.419 e. The van der Waals surface area contributed by atoms with Crippen LogP contribution >= 0.6 is 0 Å². The molecule has 0 aromatic heterocycles. The molecule has 1 aromatic carbocycles. The lowest BCUT2D eigenvalue weighted by Gasteiger charge is -2.11. The lowest BCUT2D eigenvalue weighted by molar-refractivity contribution is -0.140. The number of benzene rings is 1. The van der Waals surface area contributed by atoms with Gasteiger partial charge >= 0.3 is 6.18 Å². The van der Waals surface area contributed by atoms with Gasteiger partial charge < -0.3 is 10.6 Å². The summed E-state index contributed by atoms with van der Waals surface area (Å²) >= 11 is 0. The van der Waals surface area contributed by atoms with Gasteiger partial charge in [-0.2, -0.15) is 13.2 Å². The van der Waals surface area contributed by atoms with Crippen molar-refractivity contribution < 1.29 is 22.4 Å². The van der Waals surface area contributed by atoms with Crippen LogP contribution in [0.3, 0.4) is 0 Å². The van der Waals surface area contributed by atoms with Crippen molar-refractivity contribution in [2.75, 3.05) is 20.1 Å². The second-order valence-corrected chi connectivity index (χ2v) is 3.88. The van der Waals surface area contributed by atoms with E-state index in [2.05, 4.69) is 10.6 Å². The van der Waals surface area contributed by atoms with Gasteiger partial charge in [-0.15, -0.1) is 0 Å². The summed E-state index contributed by atoms with van der Waals surface area (Å²) in [6.07, 6.45) is -4.21. The SMILES string of the molecule is CNCCCNC(=O)c1cccc(C(F)(F)F)c1F. The van der Waals surface area contributed by atoms with Crippen molar-refractivity contribution in [3.05, 3.63) is 35.1 Å². The van der Waals surface area contributed by atoms with Crippen LogP contribution in [0, 0.1) is 5.82 Å². The second-order valence-electron chi connectivity index (χ2n) is 3.88. The maximum absolute atomic E-state index is 13.6. The van der Waals surface area contributed by atoms with Crippen LogP contribution in [0.15, 0.2) is 18.2 Å². The van der Waals surface area contributed by atoms with Gasteiger partial charge in [0.2, 0.25) is 0 Å². The molecule has 0 aliphatic carbocycles. The van der Waals surface area contributed by atoms with Crippen molar-refractivity contribution in [2.24, 2.45) is 0 Å². The smallest absolute Gasteiger partial charge is 0.352 e. The molecule has 1 rings (SSSR count). The monoisotopic (exact) mass is 278 g/mol. The molecule has 0 atom stereocenters. The third kappa shape index (κ3) is 4.20. The van der Waals surface area contributed by atoms with Crippen molar-refractivity contribution >= 4 is 5.91 Å². The molecule has 0 aliphatic rings. The van der Waals surface area contributed by atoms with E-state index in [0.717, 1.165) is 12.1 Å². The molecule has 0 aliphatic heterocycles. The van der Waals surface area contributed by atoms with Crippen LogP contribution in [-0.2, 0) is 6.18 Å². The first kappa shape index (κ1) is 15.4. The molecule has 0 bridgehead atoms. The standard InChI is InChI=1S/C12H14F4N2O/c1-17-6-3-7-18-11(19)8-4-2-5-9(10(8)13)12(14,15)16/h2,4-5,17H,3,6-7H2,1H3,(H,18,19). The minimum absolute atomic E-state index is 0.259. The molecule has 7 heteroatoms. The highest BCUT2D eigenvalue weighted by Gasteiger charge is 2.35. The van der Waals surface area contributed by atoms with E-state index in [-0.39, 0.29) is 6.54 Å². The van der Waals surface area contributed by atoms with E-state index in [9.17, 15) is 22.4 Å². The predicted molar refractivity (Wildman–Crippen MR) is 62.3 cm³/mol. The fourth-order valence-corrected chi connectivity index (χ4v) is 1.49. The second kappa shape index (κ2) is 6.51. The molecule has 2 N–H and O–H groups in total. The molecular formula is C12H14F4N2O. The molecule has 1 aromatic rings. The van der Waals surface area contributed by atoms with Gasteiger partial charge in [0.15, 0.2) is 0 Å². The number of hydrogen-bond acceptors (Lipinski definition) is 2. The Morgan fingerprint density at radius 1 is 1.26 bits per heavy atom. The van der Waals surface area contributed by atoms with Crippen LogP contribution in [0.25, 0.3) is 0 Å². The van der Waals surface area contributed by atoms with Gasteiger partial charge in [0.25, 0.3) is 5.91 Å². The van der Waals surface area contributed by atoms with Crippen molar-refractivity contribution in [2.45, 2.75) is 12.6 Å². The predicted octanol–water partition coefficient (Wildman–Crippen LogP) is 2.18. The molecule has 19 heavy (non-hydrogen) atoms. The molecule has 0 spiro atoms. The molecule has 0 radical (unpaired) electrons. The molecule has 106 valence electrons. The fraction of sp³-hybridized carbons (Fsp3) is 0.417. The van der Waals surface area contributed by atoms with E-state index >= 15 is 0 Å². The van der Waals surface area contributed by atoms with Crippen LogP contribution < -0.4 is 10.6 Å². The van der Waals surface area contributed by atoms with Crippen LogP contribution in [0.2, 0.25) is 0 Å². The molecule has 3 nitrogen and oxygen atoms in total. The van der Waals surface area contributed by atoms with Crippen LogP contribution in [0.5, 0.6) is 0 Å². The van der Waals surface area contributed by atoms with Gasteiger partial charge in [0.05, 0.1) is 11.1 Å². The van der Waals surface area contributed by atoms with Crippen molar-refractivity contribution in [3.63, 3.8) is 0 Å². The Hall–Kier alpha value is -1.63. The van der Waals surface area contributed by atoms with E-state index < -0.39 is 29.0 Å². The number of rotatable bonds is 5. The largest absolute Gasteiger partial charge is 0.419 e. The highest BCUT2D eigenvalue weighted by molar-refractivity contribution is 5.94. The quantitative estimate of drug-likeness (QED) is 0.640. The normalized spacial score (nSPS) is 11.4. The highest BCUT2D eigenvalue weighted by Crippen LogP contribution is 2.32. The van der Waals surface area contributed by atoms with Crippen molar-refractivity contribution in [1.29, 1.82) is 0 Å². The van der Waals surface area contributed by atoms with Gasteiger partial charge in [0, 0.05) is 6.54 Å². The lowest BCUT2D eigenvalue weighted by Crippen LogP contribution is -2.28. The van der Waals surface area contributed by atoms with Gasteiger partial charge in [-0.3, -0.25) is 4.79 Å². The first-order chi connectivity index (χ1) is 8.88. The van der Waals surface area contributed by atoms with Gasteiger partial charge in [-0.05, 0) is 32.1 Å². The molecule has 0 saturated heterocycles. The zero-order valence-electron chi connectivity index (χ0n) is 10.3. The summed E-state index contributed by atoms with van der Waals surface area (Å²) in [7, 11) is 1.73. The Morgan fingerprint density at radius 3 is 2.53 bits per heavy atom. The van der Waals surface area contributed by atoms with E-state index in [1.807, 2.05) is 0 Å². The third-order valence-corrected chi connectivity index (χ3v) is 2.44. The number of carbonyl (C=O) groups is 1. The van der Waals surface area contributed by atoms with Gasteiger partial charge in [-0.25, -0.2) is 4.39 Å². The zero-order valence-corrected chi connectivity index (χ0v) is 10.3. The summed E-state index contributed by atoms with van der Waals surface area (Å²) in [5.41, 5.74) is -2.03. The number of alkyl halides is 3. The molecular weight excluding hydrogens is 264 g/mol. The number of amides is 1. The molecule has 0 saturated carbocycles. The van der Waals surface area contributed by atoms with Crippen LogP contribution in [-0.4, -0.2) is 26.0 Å². The summed E-state index contributed by atoms with van der Waals surface area (Å²) in [6.45, 7) is 0.903. The van der Waals surface area contributed by atoms with Crippen molar-refractivity contribution in [1.82, 2.24) is 10.6 Å². The van der Waals surface area contributed by atoms with E-state index in [4.69, 9.17) is 0 Å². The van der Waals surface area contributed by atoms with Crippen molar-refractivity contribution in [3.8, 4) is 0 Å². The number of carbonyl (C=O) groups excluding carboxylic acids is 1. The summed E-state index contributed by atoms with van der Waals surface area (Å²) in [5.74, 6) is -2.39. The number of halogens is 4. The lowest BCUT2D eigenvalue weighted by atomic mass is 10.1. The Bertz CT molecular complexity index is 446. The topological polar surface area (TPSA) is 41.1 Å². The van der Waals surface area contributed by atoms with Crippen LogP contribution in [0.4, 0.5) is 17.6 Å². The summed E-state index contributed by atoms with van der Waals surface area (Å²) in [5, 5.41) is 5.21. The van der Waals surface area contributed by atoms with E-state index in [1.165, 1.54) is 0 Å². The summed E-state index contributed by atoms with van der Waals surface area (Å²) < 4.78 is 51.0. The minimum Gasteiger partial charge on any atom is -0.352 e. The number of hydrogen-bond donors (Lipinski definition) is 2. The first-order valence-corrected chi connectivity index (χ1v) is 5.66. The number of nitrogens with one attached hydrogen (secondary N) is 2. The molecule has 0 fully saturated rings. The first-order valence-electron chi connectivity index (χ1n) is 5.66. The Morgan fingerprint density at radius 2 is 1.95 bits per heavy atom. The summed E-state index contributed by atoms with van der Waals surface area (Å²) in [6, 6.07) is 2.64. The van der Waals surface area contributed by atoms with Gasteiger partial charge in [0.1, 0.15) is 5.82 Å². The molecule has 0 heterocycles. The maximum atomic E-state index is 13.6. The fourth-order valence-electron chi connectivity index (χ4n) is 1.49. The molecule has 0 unspecified atom stereocenters. The van der Waals surface area contributed by atoms with E-state index in [1.54, 1.807) is 7.05 Å². The average molecular weight is 278 g/mol.